The van der Waals surface area contributed by atoms with Crippen molar-refractivity contribution < 1.29 is 23.9 Å². The lowest BCUT2D eigenvalue weighted by molar-refractivity contribution is -0.143. The molecule has 0 spiro atoms. The maximum Gasteiger partial charge on any atom is 0.326 e. The van der Waals surface area contributed by atoms with Crippen LogP contribution in [0.25, 0.3) is 0 Å². The summed E-state index contributed by atoms with van der Waals surface area (Å²) in [5, 5.41) is 0. The molecule has 23 heavy (non-hydrogen) atoms. The largest absolute Gasteiger partial charge is 0.479 e. The molecule has 1 atom stereocenters. The maximum absolute atomic E-state index is 12.3. The molecule has 0 saturated carbocycles. The third-order valence-corrected chi connectivity index (χ3v) is 3.61. The Bertz CT molecular complexity index is 631. The molecular formula is C16H18ClNO5. The number of benzene rings is 1. The van der Waals surface area contributed by atoms with Crippen molar-refractivity contribution in [3.05, 3.63) is 23.8 Å². The second-order valence-electron chi connectivity index (χ2n) is 5.14. The summed E-state index contributed by atoms with van der Waals surface area (Å²) in [5.74, 6) is -0.862. The van der Waals surface area contributed by atoms with Gasteiger partial charge in [0.25, 0.3) is 5.91 Å². The van der Waals surface area contributed by atoms with Gasteiger partial charge in [-0.05, 0) is 31.5 Å². The van der Waals surface area contributed by atoms with Crippen molar-refractivity contribution in [2.75, 3.05) is 23.9 Å². The van der Waals surface area contributed by atoms with Crippen molar-refractivity contribution in [2.45, 2.75) is 26.4 Å². The van der Waals surface area contributed by atoms with E-state index in [9.17, 15) is 14.4 Å². The van der Waals surface area contributed by atoms with E-state index in [-0.39, 0.29) is 24.1 Å². The zero-order valence-corrected chi connectivity index (χ0v) is 13.8. The number of esters is 1. The summed E-state index contributed by atoms with van der Waals surface area (Å²) in [5.41, 5.74) is 0.731. The van der Waals surface area contributed by atoms with Crippen molar-refractivity contribution in [3.8, 4) is 5.75 Å². The van der Waals surface area contributed by atoms with Crippen molar-refractivity contribution in [1.29, 1.82) is 0 Å². The molecule has 1 aliphatic heterocycles. The highest BCUT2D eigenvalue weighted by molar-refractivity contribution is 6.30. The highest BCUT2D eigenvalue weighted by Gasteiger charge is 2.33. The molecule has 7 heteroatoms. The fourth-order valence-corrected chi connectivity index (χ4v) is 2.37. The van der Waals surface area contributed by atoms with Crippen LogP contribution in [0, 0.1) is 0 Å². The molecule has 0 N–H and O–H groups in total. The quantitative estimate of drug-likeness (QED) is 0.451. The van der Waals surface area contributed by atoms with Crippen molar-refractivity contribution in [1.82, 2.24) is 0 Å². The lowest BCUT2D eigenvalue weighted by atomic mass is 10.1. The molecule has 6 nitrogen and oxygen atoms in total. The molecule has 0 saturated heterocycles. The minimum atomic E-state index is -0.712. The zero-order chi connectivity index (χ0) is 17.0. The number of carbonyl (C=O) groups is 3. The van der Waals surface area contributed by atoms with Crippen molar-refractivity contribution >= 4 is 34.9 Å². The van der Waals surface area contributed by atoms with Crippen LogP contribution in [0.2, 0.25) is 0 Å². The minimum absolute atomic E-state index is 0.164. The highest BCUT2D eigenvalue weighted by Crippen LogP contribution is 2.35. The van der Waals surface area contributed by atoms with E-state index in [1.54, 1.807) is 19.1 Å². The van der Waals surface area contributed by atoms with Gasteiger partial charge in [-0.25, -0.2) is 0 Å². The molecule has 0 radical (unpaired) electrons. The number of ketones is 1. The van der Waals surface area contributed by atoms with Gasteiger partial charge in [0.15, 0.2) is 11.9 Å². The van der Waals surface area contributed by atoms with Crippen LogP contribution in [0.1, 0.15) is 30.6 Å². The van der Waals surface area contributed by atoms with E-state index >= 15 is 0 Å². The van der Waals surface area contributed by atoms with Gasteiger partial charge in [0, 0.05) is 5.56 Å². The topological polar surface area (TPSA) is 72.9 Å². The maximum atomic E-state index is 12.3. The Morgan fingerprint density at radius 3 is 2.78 bits per heavy atom. The van der Waals surface area contributed by atoms with E-state index in [4.69, 9.17) is 21.1 Å². The fraction of sp³-hybridized carbons (Fsp3) is 0.438. The summed E-state index contributed by atoms with van der Waals surface area (Å²) in [6.45, 7) is 3.56. The number of nitrogens with zero attached hydrogens (tertiary/aromatic N) is 1. The van der Waals surface area contributed by atoms with Gasteiger partial charge in [-0.3, -0.25) is 19.3 Å². The molecular weight excluding hydrogens is 322 g/mol. The van der Waals surface area contributed by atoms with E-state index in [0.29, 0.717) is 30.0 Å². The lowest BCUT2D eigenvalue weighted by Gasteiger charge is -2.32. The smallest absolute Gasteiger partial charge is 0.326 e. The number of amides is 1. The normalized spacial score (nSPS) is 16.6. The molecule has 1 aliphatic rings. The van der Waals surface area contributed by atoms with Gasteiger partial charge in [-0.2, -0.15) is 0 Å². The molecule has 0 aliphatic carbocycles. The summed E-state index contributed by atoms with van der Waals surface area (Å²) >= 11 is 5.56. The number of Topliss-reactive ketones (excluding diaryl/α,β-unsaturated/α-hetero) is 1. The number of hydrogen-bond acceptors (Lipinski definition) is 5. The number of fused-ring (bicyclic) bond motifs is 1. The molecule has 1 aromatic rings. The Labute approximate surface area is 139 Å². The van der Waals surface area contributed by atoms with Crippen LogP contribution in [0.3, 0.4) is 0 Å². The van der Waals surface area contributed by atoms with Gasteiger partial charge < -0.3 is 9.47 Å². The number of ether oxygens (including phenoxy) is 2. The molecule has 0 fully saturated rings. The first-order valence-corrected chi connectivity index (χ1v) is 7.88. The first kappa shape index (κ1) is 17.3. The van der Waals surface area contributed by atoms with E-state index in [0.717, 1.165) is 0 Å². The number of rotatable bonds is 6. The Morgan fingerprint density at radius 1 is 1.39 bits per heavy atom. The third kappa shape index (κ3) is 3.82. The summed E-state index contributed by atoms with van der Waals surface area (Å²) in [6, 6.07) is 4.69. The van der Waals surface area contributed by atoms with Crippen LogP contribution in [0.4, 0.5) is 5.69 Å². The zero-order valence-electron chi connectivity index (χ0n) is 13.0. The standard InChI is InChI=1S/C16H18ClNO5/c1-3-6-22-15(20)9-18-12-7-11(13(19)8-17)4-5-14(12)23-10(2)16(18)21/h4-5,7,10H,3,6,8-9H2,1-2H3. The van der Waals surface area contributed by atoms with Crippen LogP contribution in [0.5, 0.6) is 5.75 Å². The average Bonchev–Trinajstić information content (AvgIpc) is 2.56. The number of halogens is 1. The summed E-state index contributed by atoms with van der Waals surface area (Å²) in [6.07, 6.45) is -0.0134. The van der Waals surface area contributed by atoms with E-state index in [1.165, 1.54) is 11.0 Å². The van der Waals surface area contributed by atoms with Crippen LogP contribution in [-0.2, 0) is 14.3 Å². The molecule has 0 bridgehead atoms. The Morgan fingerprint density at radius 2 is 2.13 bits per heavy atom. The minimum Gasteiger partial charge on any atom is -0.479 e. The van der Waals surface area contributed by atoms with E-state index in [2.05, 4.69) is 0 Å². The van der Waals surface area contributed by atoms with Gasteiger partial charge in [-0.1, -0.05) is 6.92 Å². The Hall–Kier alpha value is -2.08. The molecule has 1 heterocycles. The second kappa shape index (κ2) is 7.46. The molecule has 124 valence electrons. The second-order valence-corrected chi connectivity index (χ2v) is 5.41. The number of alkyl halides is 1. The molecule has 0 aromatic heterocycles. The van der Waals surface area contributed by atoms with Crippen LogP contribution >= 0.6 is 11.6 Å². The predicted molar refractivity (Wildman–Crippen MR) is 85.2 cm³/mol. The molecule has 1 amide bonds. The number of hydrogen-bond donors (Lipinski definition) is 0. The Balaban J connectivity index is 2.32. The summed E-state index contributed by atoms with van der Waals surface area (Å²) in [7, 11) is 0. The number of carbonyl (C=O) groups excluding carboxylic acids is 3. The van der Waals surface area contributed by atoms with Crippen LogP contribution < -0.4 is 9.64 Å². The van der Waals surface area contributed by atoms with Gasteiger partial charge in [-0.15, -0.1) is 11.6 Å². The number of anilines is 1. The Kier molecular flexibility index (Phi) is 5.60. The fourth-order valence-electron chi connectivity index (χ4n) is 2.21. The predicted octanol–water partition coefficient (Wildman–Crippen LogP) is 2.18. The van der Waals surface area contributed by atoms with Gasteiger partial charge in [0.05, 0.1) is 18.2 Å². The van der Waals surface area contributed by atoms with Gasteiger partial charge in [0.2, 0.25) is 0 Å². The molecule has 2 rings (SSSR count). The lowest BCUT2D eigenvalue weighted by Crippen LogP contribution is -2.47. The van der Waals surface area contributed by atoms with Crippen molar-refractivity contribution in [3.63, 3.8) is 0 Å². The highest BCUT2D eigenvalue weighted by atomic mass is 35.5. The van der Waals surface area contributed by atoms with Gasteiger partial charge in [0.1, 0.15) is 12.3 Å². The first-order valence-electron chi connectivity index (χ1n) is 7.34. The van der Waals surface area contributed by atoms with Crippen LogP contribution in [-0.4, -0.2) is 42.8 Å². The third-order valence-electron chi connectivity index (χ3n) is 3.37. The average molecular weight is 340 g/mol. The van der Waals surface area contributed by atoms with E-state index in [1.807, 2.05) is 6.92 Å². The van der Waals surface area contributed by atoms with Crippen LogP contribution in [0.15, 0.2) is 18.2 Å². The SMILES string of the molecule is CCCOC(=O)CN1C(=O)C(C)Oc2ccc(C(=O)CCl)cc21. The first-order chi connectivity index (χ1) is 11.0. The molecule has 1 aromatic carbocycles. The molecule has 1 unspecified atom stereocenters. The monoisotopic (exact) mass is 339 g/mol. The van der Waals surface area contributed by atoms with Gasteiger partial charge >= 0.3 is 5.97 Å². The van der Waals surface area contributed by atoms with Crippen molar-refractivity contribution in [2.24, 2.45) is 0 Å². The summed E-state index contributed by atoms with van der Waals surface area (Å²) < 4.78 is 10.5. The summed E-state index contributed by atoms with van der Waals surface area (Å²) in [4.78, 5) is 37.2. The van der Waals surface area contributed by atoms with E-state index < -0.39 is 12.1 Å².